The fourth-order valence-electron chi connectivity index (χ4n) is 2.09. The predicted octanol–water partition coefficient (Wildman–Crippen LogP) is 1.41. The van der Waals surface area contributed by atoms with Crippen LogP contribution in [0.15, 0.2) is 6.33 Å². The van der Waals surface area contributed by atoms with Gasteiger partial charge in [0.05, 0.1) is 11.0 Å². The molecule has 8 nitrogen and oxygen atoms in total. The van der Waals surface area contributed by atoms with E-state index in [1.165, 1.54) is 6.33 Å². The molecular weight excluding hydrogens is 250 g/mol. The molecule has 1 saturated carbocycles. The monoisotopic (exact) mass is 267 g/mol. The van der Waals surface area contributed by atoms with Crippen LogP contribution in [-0.2, 0) is 4.74 Å². The number of nitrogens with zero attached hydrogens (tertiary/aromatic N) is 3. The van der Waals surface area contributed by atoms with E-state index in [4.69, 9.17) is 4.74 Å². The third-order valence-corrected chi connectivity index (χ3v) is 3.08. The summed E-state index contributed by atoms with van der Waals surface area (Å²) in [5.74, 6) is 0.465. The molecule has 1 aliphatic carbocycles. The highest BCUT2D eigenvalue weighted by atomic mass is 16.6. The van der Waals surface area contributed by atoms with Crippen LogP contribution in [0.25, 0.3) is 0 Å². The first-order valence-corrected chi connectivity index (χ1v) is 6.21. The summed E-state index contributed by atoms with van der Waals surface area (Å²) >= 11 is 0. The Kier molecular flexibility index (Phi) is 4.10. The summed E-state index contributed by atoms with van der Waals surface area (Å²) in [6.45, 7) is 2.64. The smallest absolute Gasteiger partial charge is 0.353 e. The van der Waals surface area contributed by atoms with Gasteiger partial charge in [-0.15, -0.1) is 0 Å². The van der Waals surface area contributed by atoms with Crippen LogP contribution in [0.4, 0.5) is 17.3 Å². The molecule has 1 heterocycles. The highest BCUT2D eigenvalue weighted by molar-refractivity contribution is 5.69. The van der Waals surface area contributed by atoms with Crippen molar-refractivity contribution in [2.45, 2.75) is 31.9 Å². The first-order chi connectivity index (χ1) is 9.15. The molecule has 0 radical (unpaired) electrons. The summed E-state index contributed by atoms with van der Waals surface area (Å²) < 4.78 is 5.45. The molecule has 0 aliphatic heterocycles. The molecule has 1 aliphatic rings. The van der Waals surface area contributed by atoms with Crippen LogP contribution in [0.2, 0.25) is 0 Å². The molecular formula is C11H17N5O3. The van der Waals surface area contributed by atoms with Gasteiger partial charge in [-0.2, -0.15) is 0 Å². The molecule has 8 heteroatoms. The van der Waals surface area contributed by atoms with Gasteiger partial charge in [0.1, 0.15) is 6.33 Å². The number of nitro groups is 1. The van der Waals surface area contributed by atoms with Crippen LogP contribution >= 0.6 is 0 Å². The molecule has 1 aromatic rings. The normalized spacial score (nSPS) is 21.6. The Bertz CT molecular complexity index is 462. The van der Waals surface area contributed by atoms with E-state index in [-0.39, 0.29) is 29.5 Å². The van der Waals surface area contributed by atoms with E-state index in [9.17, 15) is 10.1 Å². The van der Waals surface area contributed by atoms with Crippen molar-refractivity contribution >= 4 is 17.3 Å². The van der Waals surface area contributed by atoms with E-state index in [2.05, 4.69) is 20.6 Å². The molecule has 1 fully saturated rings. The van der Waals surface area contributed by atoms with Gasteiger partial charge in [0.25, 0.3) is 0 Å². The van der Waals surface area contributed by atoms with Gasteiger partial charge in [-0.1, -0.05) is 0 Å². The average molecular weight is 267 g/mol. The molecule has 104 valence electrons. The summed E-state index contributed by atoms with van der Waals surface area (Å²) in [4.78, 5) is 18.4. The molecule has 0 bridgehead atoms. The molecule has 0 aromatic carbocycles. The minimum atomic E-state index is -0.479. The number of nitrogens with one attached hydrogen (secondary N) is 2. The van der Waals surface area contributed by atoms with Crippen molar-refractivity contribution in [2.24, 2.45) is 0 Å². The van der Waals surface area contributed by atoms with Gasteiger partial charge in [0.2, 0.25) is 11.6 Å². The second-order valence-electron chi connectivity index (χ2n) is 4.32. The number of anilines is 2. The number of rotatable bonds is 6. The van der Waals surface area contributed by atoms with Crippen LogP contribution in [-0.4, -0.2) is 40.7 Å². The van der Waals surface area contributed by atoms with Crippen molar-refractivity contribution in [3.8, 4) is 0 Å². The van der Waals surface area contributed by atoms with Crippen LogP contribution in [0.3, 0.4) is 0 Å². The fraction of sp³-hybridized carbons (Fsp3) is 0.636. The second-order valence-corrected chi connectivity index (χ2v) is 4.32. The molecule has 0 amide bonds. The van der Waals surface area contributed by atoms with E-state index in [1.807, 2.05) is 6.92 Å². The van der Waals surface area contributed by atoms with Gasteiger partial charge in [0, 0.05) is 19.7 Å². The van der Waals surface area contributed by atoms with E-state index in [1.54, 1.807) is 7.05 Å². The van der Waals surface area contributed by atoms with Crippen LogP contribution in [0, 0.1) is 10.1 Å². The summed E-state index contributed by atoms with van der Waals surface area (Å²) in [5.41, 5.74) is -0.121. The second kappa shape index (κ2) is 5.79. The molecule has 1 aromatic heterocycles. The summed E-state index contributed by atoms with van der Waals surface area (Å²) in [5, 5.41) is 16.9. The Morgan fingerprint density at radius 3 is 2.74 bits per heavy atom. The van der Waals surface area contributed by atoms with E-state index in [0.717, 1.165) is 12.8 Å². The van der Waals surface area contributed by atoms with Gasteiger partial charge in [-0.3, -0.25) is 10.1 Å². The quantitative estimate of drug-likeness (QED) is 0.593. The Balaban J connectivity index is 2.07. The maximum atomic E-state index is 11.1. The van der Waals surface area contributed by atoms with Crippen molar-refractivity contribution in [2.75, 3.05) is 24.3 Å². The summed E-state index contributed by atoms with van der Waals surface area (Å²) in [6, 6.07) is 0.162. The molecule has 0 saturated heterocycles. The van der Waals surface area contributed by atoms with Gasteiger partial charge in [-0.05, 0) is 19.8 Å². The highest BCUT2D eigenvalue weighted by Gasteiger charge is 2.32. The molecule has 0 unspecified atom stereocenters. The zero-order valence-corrected chi connectivity index (χ0v) is 10.9. The van der Waals surface area contributed by atoms with Crippen molar-refractivity contribution in [3.05, 3.63) is 16.4 Å². The molecule has 0 atom stereocenters. The van der Waals surface area contributed by atoms with Crippen LogP contribution in [0.5, 0.6) is 0 Å². The number of ether oxygens (including phenoxy) is 1. The lowest BCUT2D eigenvalue weighted by Crippen LogP contribution is -2.41. The van der Waals surface area contributed by atoms with Crippen molar-refractivity contribution in [3.63, 3.8) is 0 Å². The van der Waals surface area contributed by atoms with Gasteiger partial charge in [-0.25, -0.2) is 9.97 Å². The topological polar surface area (TPSA) is 102 Å². The van der Waals surface area contributed by atoms with E-state index < -0.39 is 4.92 Å². The summed E-state index contributed by atoms with van der Waals surface area (Å²) in [7, 11) is 1.59. The predicted molar refractivity (Wildman–Crippen MR) is 70.3 cm³/mol. The molecule has 19 heavy (non-hydrogen) atoms. The van der Waals surface area contributed by atoms with Crippen molar-refractivity contribution in [1.29, 1.82) is 0 Å². The minimum Gasteiger partial charge on any atom is -0.378 e. The largest absolute Gasteiger partial charge is 0.378 e. The van der Waals surface area contributed by atoms with Gasteiger partial charge in [0.15, 0.2) is 0 Å². The maximum absolute atomic E-state index is 11.1. The van der Waals surface area contributed by atoms with Crippen molar-refractivity contribution < 1.29 is 9.66 Å². The standard InChI is InChI=1S/C11H17N5O3/c1-3-19-8-4-7(5-8)15-11-9(16(17)18)10(12-2)13-6-14-11/h6-8H,3-5H2,1-2H3,(H2,12,13,14,15). The maximum Gasteiger partial charge on any atom is 0.353 e. The van der Waals surface area contributed by atoms with E-state index in [0.29, 0.717) is 6.61 Å². The Labute approximate surface area is 110 Å². The third kappa shape index (κ3) is 2.90. The first-order valence-electron chi connectivity index (χ1n) is 6.21. The lowest BCUT2D eigenvalue weighted by molar-refractivity contribution is -0.383. The fourth-order valence-corrected chi connectivity index (χ4v) is 2.09. The van der Waals surface area contributed by atoms with Gasteiger partial charge < -0.3 is 15.4 Å². The number of aromatic nitrogens is 2. The zero-order valence-electron chi connectivity index (χ0n) is 10.9. The lowest BCUT2D eigenvalue weighted by atomic mass is 9.89. The lowest BCUT2D eigenvalue weighted by Gasteiger charge is -2.35. The number of hydrogen-bond acceptors (Lipinski definition) is 7. The average Bonchev–Trinajstić information content (AvgIpc) is 2.35. The molecule has 2 N–H and O–H groups in total. The summed E-state index contributed by atoms with van der Waals surface area (Å²) in [6.07, 6.45) is 3.22. The SMILES string of the molecule is CCOC1CC(Nc2ncnc(NC)c2[N+](=O)[O-])C1. The zero-order chi connectivity index (χ0) is 13.8. The highest BCUT2D eigenvalue weighted by Crippen LogP contribution is 2.32. The Morgan fingerprint density at radius 1 is 1.47 bits per heavy atom. The molecule has 2 rings (SSSR count). The number of hydrogen-bond donors (Lipinski definition) is 2. The third-order valence-electron chi connectivity index (χ3n) is 3.08. The Hall–Kier alpha value is -1.96. The first kappa shape index (κ1) is 13.5. The molecule has 0 spiro atoms. The minimum absolute atomic E-state index is 0.121. The van der Waals surface area contributed by atoms with Crippen LogP contribution < -0.4 is 10.6 Å². The Morgan fingerprint density at radius 2 is 2.16 bits per heavy atom. The van der Waals surface area contributed by atoms with Gasteiger partial charge >= 0.3 is 5.69 Å². The van der Waals surface area contributed by atoms with Crippen LogP contribution in [0.1, 0.15) is 19.8 Å². The van der Waals surface area contributed by atoms with Crippen molar-refractivity contribution in [1.82, 2.24) is 9.97 Å². The van der Waals surface area contributed by atoms with E-state index >= 15 is 0 Å².